The lowest BCUT2D eigenvalue weighted by molar-refractivity contribution is 0.0756. The molecule has 0 spiro atoms. The van der Waals surface area contributed by atoms with E-state index >= 15 is 0 Å². The van der Waals surface area contributed by atoms with Gasteiger partial charge in [0.1, 0.15) is 16.5 Å². The van der Waals surface area contributed by atoms with Crippen molar-refractivity contribution in [3.05, 3.63) is 74.6 Å². The molecule has 2 heterocycles. The molecule has 0 N–H and O–H groups in total. The minimum Gasteiger partial charge on any atom is -0.422 e. The fourth-order valence-electron chi connectivity index (χ4n) is 3.29. The third-order valence-corrected chi connectivity index (χ3v) is 6.53. The predicted octanol–water partition coefficient (Wildman–Crippen LogP) is 4.51. The van der Waals surface area contributed by atoms with Gasteiger partial charge >= 0.3 is 5.63 Å². The van der Waals surface area contributed by atoms with Gasteiger partial charge in [-0.2, -0.15) is 0 Å². The molecule has 4 rings (SSSR count). The first-order valence-electron chi connectivity index (χ1n) is 8.87. The van der Waals surface area contributed by atoms with Crippen LogP contribution < -0.4 is 10.5 Å². The summed E-state index contributed by atoms with van der Waals surface area (Å²) in [6.07, 6.45) is 0. The normalized spacial score (nSPS) is 16.5. The number of rotatable bonds is 3. The van der Waals surface area contributed by atoms with Crippen molar-refractivity contribution in [2.24, 2.45) is 0 Å². The highest BCUT2D eigenvalue weighted by atomic mass is 79.9. The first-order valence-corrected chi connectivity index (χ1v) is 10.7. The van der Waals surface area contributed by atoms with E-state index < -0.39 is 5.63 Å². The summed E-state index contributed by atoms with van der Waals surface area (Å²) in [5.41, 5.74) is 2.09. The smallest absolute Gasteiger partial charge is 0.349 e. The average Bonchev–Trinajstić information content (AvgIpc) is 3.17. The van der Waals surface area contributed by atoms with Crippen LogP contribution in [0.4, 0.5) is 5.69 Å². The van der Waals surface area contributed by atoms with Crippen LogP contribution in [0.15, 0.2) is 62.2 Å². The van der Waals surface area contributed by atoms with Crippen molar-refractivity contribution in [1.82, 2.24) is 4.90 Å². The summed E-state index contributed by atoms with van der Waals surface area (Å²) in [5.74, 6) is 0.540. The monoisotopic (exact) mass is 458 g/mol. The first kappa shape index (κ1) is 19.1. The standard InChI is InChI=1S/C21H19BrN2O3S/c1-23(2)16-6-3-13(4-7-16)20-24(9-10-28-20)19(25)17-12-14-11-15(22)5-8-18(14)27-21(17)26/h3-8,11-12,20H,9-10H2,1-2H3/t20-/m1/s1. The number of thioether (sulfide) groups is 1. The van der Waals surface area contributed by atoms with Crippen molar-refractivity contribution in [1.29, 1.82) is 0 Å². The van der Waals surface area contributed by atoms with E-state index in [2.05, 4.69) is 15.9 Å². The third-order valence-electron chi connectivity index (χ3n) is 4.77. The molecule has 0 radical (unpaired) electrons. The maximum Gasteiger partial charge on any atom is 0.349 e. The molecule has 1 aromatic heterocycles. The second-order valence-corrected chi connectivity index (χ2v) is 8.94. The summed E-state index contributed by atoms with van der Waals surface area (Å²) in [7, 11) is 3.99. The molecule has 28 heavy (non-hydrogen) atoms. The Hall–Kier alpha value is -2.25. The van der Waals surface area contributed by atoms with Crippen molar-refractivity contribution in [3.8, 4) is 0 Å². The molecule has 0 bridgehead atoms. The third kappa shape index (κ3) is 3.56. The van der Waals surface area contributed by atoms with Crippen LogP contribution in [0.3, 0.4) is 0 Å². The van der Waals surface area contributed by atoms with E-state index in [1.54, 1.807) is 34.9 Å². The van der Waals surface area contributed by atoms with Crippen LogP contribution >= 0.6 is 27.7 Å². The molecule has 1 fully saturated rings. The van der Waals surface area contributed by atoms with Gasteiger partial charge in [-0.1, -0.05) is 28.1 Å². The van der Waals surface area contributed by atoms with Gasteiger partial charge in [0.05, 0.1) is 0 Å². The van der Waals surface area contributed by atoms with Crippen molar-refractivity contribution in [2.75, 3.05) is 31.3 Å². The fraction of sp³-hybridized carbons (Fsp3) is 0.238. The van der Waals surface area contributed by atoms with E-state index in [0.717, 1.165) is 26.9 Å². The van der Waals surface area contributed by atoms with Gasteiger partial charge in [0, 0.05) is 41.9 Å². The molecule has 1 amide bonds. The Morgan fingerprint density at radius 2 is 1.93 bits per heavy atom. The molecule has 0 aliphatic carbocycles. The minimum atomic E-state index is -0.599. The number of benzene rings is 2. The average molecular weight is 459 g/mol. The molecule has 2 aromatic carbocycles. The predicted molar refractivity (Wildman–Crippen MR) is 117 cm³/mol. The lowest BCUT2D eigenvalue weighted by Gasteiger charge is -2.24. The summed E-state index contributed by atoms with van der Waals surface area (Å²) in [5, 5.41) is 0.609. The van der Waals surface area contributed by atoms with Crippen LogP contribution in [0.25, 0.3) is 11.0 Å². The van der Waals surface area contributed by atoms with E-state index in [1.807, 2.05) is 49.3 Å². The lowest BCUT2D eigenvalue weighted by Crippen LogP contribution is -2.33. The second-order valence-electron chi connectivity index (χ2n) is 6.84. The highest BCUT2D eigenvalue weighted by Crippen LogP contribution is 2.39. The number of carbonyl (C=O) groups is 1. The molecule has 3 aromatic rings. The van der Waals surface area contributed by atoms with Crippen LogP contribution in [-0.4, -0.2) is 37.2 Å². The summed E-state index contributed by atoms with van der Waals surface area (Å²) < 4.78 is 6.24. The van der Waals surface area contributed by atoms with Crippen LogP contribution in [0.2, 0.25) is 0 Å². The number of hydrogen-bond donors (Lipinski definition) is 0. The Balaban J connectivity index is 1.67. The molecular formula is C21H19BrN2O3S. The van der Waals surface area contributed by atoms with Gasteiger partial charge in [0.25, 0.3) is 5.91 Å². The van der Waals surface area contributed by atoms with Crippen molar-refractivity contribution < 1.29 is 9.21 Å². The van der Waals surface area contributed by atoms with Gasteiger partial charge < -0.3 is 14.2 Å². The van der Waals surface area contributed by atoms with Gasteiger partial charge in [-0.05, 0) is 42.0 Å². The van der Waals surface area contributed by atoms with Gasteiger partial charge in [-0.25, -0.2) is 4.79 Å². The summed E-state index contributed by atoms with van der Waals surface area (Å²) in [6.45, 7) is 0.597. The fourth-order valence-corrected chi connectivity index (χ4v) is 4.92. The largest absolute Gasteiger partial charge is 0.422 e. The zero-order chi connectivity index (χ0) is 19.8. The molecule has 1 aliphatic heterocycles. The summed E-state index contributed by atoms with van der Waals surface area (Å²) in [6, 6.07) is 15.1. The topological polar surface area (TPSA) is 53.8 Å². The Morgan fingerprint density at radius 3 is 2.64 bits per heavy atom. The number of fused-ring (bicyclic) bond motifs is 1. The van der Waals surface area contributed by atoms with Crippen LogP contribution in [0.1, 0.15) is 21.3 Å². The number of amides is 1. The number of nitrogens with zero attached hydrogens (tertiary/aromatic N) is 2. The van der Waals surface area contributed by atoms with E-state index in [0.29, 0.717) is 12.1 Å². The quantitative estimate of drug-likeness (QED) is 0.540. The van der Waals surface area contributed by atoms with Crippen LogP contribution in [-0.2, 0) is 0 Å². The van der Waals surface area contributed by atoms with E-state index in [-0.39, 0.29) is 16.8 Å². The molecule has 1 atom stereocenters. The molecule has 0 unspecified atom stereocenters. The van der Waals surface area contributed by atoms with Crippen LogP contribution in [0.5, 0.6) is 0 Å². The van der Waals surface area contributed by atoms with Gasteiger partial charge in [0.15, 0.2) is 0 Å². The zero-order valence-electron chi connectivity index (χ0n) is 15.5. The van der Waals surface area contributed by atoms with E-state index in [1.165, 1.54) is 0 Å². The zero-order valence-corrected chi connectivity index (χ0v) is 17.9. The SMILES string of the molecule is CN(C)c1ccc([C@H]2SCCN2C(=O)c2cc3cc(Br)ccc3oc2=O)cc1. The number of halogens is 1. The molecule has 0 saturated carbocycles. The molecule has 5 nitrogen and oxygen atoms in total. The number of hydrogen-bond acceptors (Lipinski definition) is 5. The Bertz CT molecular complexity index is 1090. The van der Waals surface area contributed by atoms with Gasteiger partial charge in [-0.3, -0.25) is 4.79 Å². The highest BCUT2D eigenvalue weighted by Gasteiger charge is 2.33. The lowest BCUT2D eigenvalue weighted by atomic mass is 10.1. The van der Waals surface area contributed by atoms with Crippen molar-refractivity contribution in [2.45, 2.75) is 5.37 Å². The van der Waals surface area contributed by atoms with Gasteiger partial charge in [0.2, 0.25) is 0 Å². The van der Waals surface area contributed by atoms with E-state index in [4.69, 9.17) is 4.42 Å². The molecule has 7 heteroatoms. The Morgan fingerprint density at radius 1 is 1.18 bits per heavy atom. The Kier molecular flexibility index (Phi) is 5.21. The maximum atomic E-state index is 13.2. The van der Waals surface area contributed by atoms with E-state index in [9.17, 15) is 9.59 Å². The number of carbonyl (C=O) groups excluding carboxylic acids is 1. The van der Waals surface area contributed by atoms with Crippen molar-refractivity contribution >= 4 is 50.3 Å². The maximum absolute atomic E-state index is 13.2. The first-order chi connectivity index (χ1) is 13.4. The summed E-state index contributed by atoms with van der Waals surface area (Å²) in [4.78, 5) is 29.4. The minimum absolute atomic E-state index is 0.0722. The second kappa shape index (κ2) is 7.64. The molecular weight excluding hydrogens is 440 g/mol. The molecule has 1 aliphatic rings. The highest BCUT2D eigenvalue weighted by molar-refractivity contribution is 9.10. The molecule has 1 saturated heterocycles. The summed E-state index contributed by atoms with van der Waals surface area (Å²) >= 11 is 5.12. The van der Waals surface area contributed by atoms with Crippen molar-refractivity contribution in [3.63, 3.8) is 0 Å². The number of anilines is 1. The Labute approximate surface area is 175 Å². The van der Waals surface area contributed by atoms with Gasteiger partial charge in [-0.15, -0.1) is 11.8 Å². The van der Waals surface area contributed by atoms with Crippen LogP contribution in [0, 0.1) is 0 Å². The molecule has 144 valence electrons.